The van der Waals surface area contributed by atoms with E-state index in [0.29, 0.717) is 13.1 Å². The number of benzene rings is 1. The molecule has 1 heterocycles. The van der Waals surface area contributed by atoms with Crippen molar-refractivity contribution in [1.29, 1.82) is 0 Å². The van der Waals surface area contributed by atoms with Gasteiger partial charge < -0.3 is 9.88 Å². The molecule has 1 aromatic carbocycles. The van der Waals surface area contributed by atoms with Crippen LogP contribution < -0.4 is 5.32 Å². The molecule has 4 heteroatoms. The molecule has 0 aliphatic carbocycles. The second-order valence-corrected chi connectivity index (χ2v) is 4.52. The summed E-state index contributed by atoms with van der Waals surface area (Å²) < 4.78 is 1.84. The molecular formula is C14H15ClN2O. The molecule has 1 N–H and O–H groups in total. The third kappa shape index (κ3) is 3.93. The minimum atomic E-state index is 0.0215. The summed E-state index contributed by atoms with van der Waals surface area (Å²) >= 11 is 5.89. The molecule has 0 radical (unpaired) electrons. The predicted molar refractivity (Wildman–Crippen MR) is 72.6 cm³/mol. The fourth-order valence-corrected chi connectivity index (χ4v) is 1.95. The minimum absolute atomic E-state index is 0.0215. The summed E-state index contributed by atoms with van der Waals surface area (Å²) in [6.07, 6.45) is 4.53. The molecule has 2 aromatic rings. The van der Waals surface area contributed by atoms with Crippen LogP contribution in [0.1, 0.15) is 5.56 Å². The second-order valence-electron chi connectivity index (χ2n) is 4.09. The average Bonchev–Trinajstić information content (AvgIpc) is 2.82. The van der Waals surface area contributed by atoms with E-state index in [2.05, 4.69) is 5.32 Å². The molecule has 2 rings (SSSR count). The van der Waals surface area contributed by atoms with Gasteiger partial charge in [-0.1, -0.05) is 23.7 Å². The Morgan fingerprint density at radius 3 is 2.72 bits per heavy atom. The highest BCUT2D eigenvalue weighted by Crippen LogP contribution is 2.10. The van der Waals surface area contributed by atoms with Gasteiger partial charge in [0.25, 0.3) is 0 Å². The number of hydrogen-bond donors (Lipinski definition) is 1. The largest absolute Gasteiger partial charge is 0.354 e. The summed E-state index contributed by atoms with van der Waals surface area (Å²) in [6, 6.07) is 11.5. The van der Waals surface area contributed by atoms with Gasteiger partial charge in [-0.2, -0.15) is 0 Å². The molecule has 0 saturated heterocycles. The Kier molecular flexibility index (Phi) is 4.42. The van der Waals surface area contributed by atoms with Crippen molar-refractivity contribution in [3.63, 3.8) is 0 Å². The number of carbonyl (C=O) groups is 1. The number of nitrogens with zero attached hydrogens (tertiary/aromatic N) is 1. The van der Waals surface area contributed by atoms with Crippen molar-refractivity contribution in [3.05, 3.63) is 59.4 Å². The molecule has 0 bridgehead atoms. The molecule has 0 unspecified atom stereocenters. The quantitative estimate of drug-likeness (QED) is 0.883. The number of nitrogens with one attached hydrogen (secondary N) is 1. The Morgan fingerprint density at radius 2 is 2.00 bits per heavy atom. The van der Waals surface area contributed by atoms with E-state index < -0.39 is 0 Å². The zero-order valence-corrected chi connectivity index (χ0v) is 10.7. The Balaban J connectivity index is 1.73. The molecule has 0 aliphatic heterocycles. The third-order valence-electron chi connectivity index (χ3n) is 2.62. The van der Waals surface area contributed by atoms with E-state index >= 15 is 0 Å². The van der Waals surface area contributed by atoms with Crippen LogP contribution in [0.2, 0.25) is 5.02 Å². The summed E-state index contributed by atoms with van der Waals surface area (Å²) in [4.78, 5) is 11.6. The molecule has 1 aromatic heterocycles. The fraction of sp³-hybridized carbons (Fsp3) is 0.214. The molecule has 3 nitrogen and oxygen atoms in total. The first kappa shape index (κ1) is 12.7. The van der Waals surface area contributed by atoms with Crippen molar-refractivity contribution in [2.24, 2.45) is 0 Å². The lowest BCUT2D eigenvalue weighted by Crippen LogP contribution is -2.28. The van der Waals surface area contributed by atoms with Crippen LogP contribution in [-0.2, 0) is 17.8 Å². The lowest BCUT2D eigenvalue weighted by atomic mass is 10.1. The molecule has 0 saturated carbocycles. The monoisotopic (exact) mass is 262 g/mol. The molecule has 0 atom stereocenters. The van der Waals surface area contributed by atoms with E-state index in [1.54, 1.807) is 0 Å². The van der Waals surface area contributed by atoms with Crippen LogP contribution in [0.25, 0.3) is 0 Å². The van der Waals surface area contributed by atoms with Gasteiger partial charge in [0.15, 0.2) is 0 Å². The summed E-state index contributed by atoms with van der Waals surface area (Å²) in [5.74, 6) is 0.0215. The SMILES string of the molecule is O=C(Cn1cccc1)NCCc1cccc(Cl)c1. The highest BCUT2D eigenvalue weighted by Gasteiger charge is 2.01. The van der Waals surface area contributed by atoms with Gasteiger partial charge in [0.05, 0.1) is 0 Å². The summed E-state index contributed by atoms with van der Waals surface area (Å²) in [7, 11) is 0. The number of halogens is 1. The van der Waals surface area contributed by atoms with Crippen LogP contribution in [-0.4, -0.2) is 17.0 Å². The Labute approximate surface area is 111 Å². The first-order valence-corrected chi connectivity index (χ1v) is 6.24. The summed E-state index contributed by atoms with van der Waals surface area (Å²) in [5.41, 5.74) is 1.13. The maximum absolute atomic E-state index is 11.6. The Morgan fingerprint density at radius 1 is 1.22 bits per heavy atom. The third-order valence-corrected chi connectivity index (χ3v) is 2.85. The van der Waals surface area contributed by atoms with E-state index in [1.165, 1.54) is 0 Å². The van der Waals surface area contributed by atoms with Crippen LogP contribution in [0.3, 0.4) is 0 Å². The number of aromatic nitrogens is 1. The number of amides is 1. The molecular weight excluding hydrogens is 248 g/mol. The van der Waals surface area contributed by atoms with Crippen LogP contribution in [0.15, 0.2) is 48.8 Å². The smallest absolute Gasteiger partial charge is 0.239 e. The van der Waals surface area contributed by atoms with E-state index in [4.69, 9.17) is 11.6 Å². The second kappa shape index (κ2) is 6.26. The van der Waals surface area contributed by atoms with Gasteiger partial charge in [-0.15, -0.1) is 0 Å². The van der Waals surface area contributed by atoms with Gasteiger partial charge in [0.1, 0.15) is 6.54 Å². The first-order chi connectivity index (χ1) is 8.74. The topological polar surface area (TPSA) is 34.0 Å². The van der Waals surface area contributed by atoms with Crippen molar-refractivity contribution in [2.75, 3.05) is 6.54 Å². The Hall–Kier alpha value is -1.74. The molecule has 1 amide bonds. The van der Waals surface area contributed by atoms with Crippen LogP contribution in [0.4, 0.5) is 0 Å². The summed E-state index contributed by atoms with van der Waals surface area (Å²) in [5, 5.41) is 3.61. The van der Waals surface area contributed by atoms with Gasteiger partial charge in [0, 0.05) is 24.0 Å². The number of rotatable bonds is 5. The predicted octanol–water partition coefficient (Wildman–Crippen LogP) is 2.50. The van der Waals surface area contributed by atoms with E-state index in [1.807, 2.05) is 53.4 Å². The van der Waals surface area contributed by atoms with E-state index in [-0.39, 0.29) is 5.91 Å². The minimum Gasteiger partial charge on any atom is -0.354 e. The van der Waals surface area contributed by atoms with Crippen molar-refractivity contribution in [1.82, 2.24) is 9.88 Å². The summed E-state index contributed by atoms with van der Waals surface area (Å²) in [6.45, 7) is 0.989. The zero-order chi connectivity index (χ0) is 12.8. The van der Waals surface area contributed by atoms with Crippen LogP contribution in [0, 0.1) is 0 Å². The average molecular weight is 263 g/mol. The van der Waals surface area contributed by atoms with Crippen molar-refractivity contribution >= 4 is 17.5 Å². The number of hydrogen-bond acceptors (Lipinski definition) is 1. The lowest BCUT2D eigenvalue weighted by Gasteiger charge is -2.06. The maximum atomic E-state index is 11.6. The van der Waals surface area contributed by atoms with Gasteiger partial charge in [0.2, 0.25) is 5.91 Å². The van der Waals surface area contributed by atoms with Crippen LogP contribution in [0.5, 0.6) is 0 Å². The molecule has 0 fully saturated rings. The standard InChI is InChI=1S/C14H15ClN2O/c15-13-5-3-4-12(10-13)6-7-16-14(18)11-17-8-1-2-9-17/h1-5,8-10H,6-7,11H2,(H,16,18). The molecule has 94 valence electrons. The zero-order valence-electron chi connectivity index (χ0n) is 9.97. The van der Waals surface area contributed by atoms with Gasteiger partial charge in [-0.25, -0.2) is 0 Å². The van der Waals surface area contributed by atoms with Gasteiger partial charge in [-0.3, -0.25) is 4.79 Å². The van der Waals surface area contributed by atoms with Crippen molar-refractivity contribution in [2.45, 2.75) is 13.0 Å². The molecule has 18 heavy (non-hydrogen) atoms. The van der Waals surface area contributed by atoms with E-state index in [9.17, 15) is 4.79 Å². The highest BCUT2D eigenvalue weighted by atomic mass is 35.5. The van der Waals surface area contributed by atoms with Gasteiger partial charge in [-0.05, 0) is 36.2 Å². The molecule has 0 aliphatic rings. The van der Waals surface area contributed by atoms with Gasteiger partial charge >= 0.3 is 0 Å². The van der Waals surface area contributed by atoms with E-state index in [0.717, 1.165) is 17.0 Å². The fourth-order valence-electron chi connectivity index (χ4n) is 1.74. The van der Waals surface area contributed by atoms with Crippen molar-refractivity contribution in [3.8, 4) is 0 Å². The Bertz CT molecular complexity index is 508. The highest BCUT2D eigenvalue weighted by molar-refractivity contribution is 6.30. The van der Waals surface area contributed by atoms with Crippen LogP contribution >= 0.6 is 11.6 Å². The lowest BCUT2D eigenvalue weighted by molar-refractivity contribution is -0.121. The van der Waals surface area contributed by atoms with Crippen molar-refractivity contribution < 1.29 is 4.79 Å². The first-order valence-electron chi connectivity index (χ1n) is 5.86. The molecule has 0 spiro atoms. The maximum Gasteiger partial charge on any atom is 0.239 e. The normalized spacial score (nSPS) is 10.3. The number of carbonyl (C=O) groups excluding carboxylic acids is 1.